The van der Waals surface area contributed by atoms with Crippen LogP contribution in [0.5, 0.6) is 0 Å². The molecular formula is C23H27N3O2. The van der Waals surface area contributed by atoms with Crippen molar-refractivity contribution in [1.29, 1.82) is 0 Å². The summed E-state index contributed by atoms with van der Waals surface area (Å²) in [6, 6.07) is 8.39. The molecule has 146 valence electrons. The number of aromatic nitrogens is 2. The monoisotopic (exact) mass is 377 g/mol. The Balaban J connectivity index is 1.05. The average Bonchev–Trinajstić information content (AvgIpc) is 3.66. The van der Waals surface area contributed by atoms with Gasteiger partial charge in [-0.1, -0.05) is 18.6 Å². The first-order chi connectivity index (χ1) is 13.8. The second kappa shape index (κ2) is 7.82. The van der Waals surface area contributed by atoms with Gasteiger partial charge in [-0.2, -0.15) is 0 Å². The Morgan fingerprint density at radius 3 is 2.79 bits per heavy atom. The third-order valence-corrected chi connectivity index (χ3v) is 5.56. The zero-order valence-corrected chi connectivity index (χ0v) is 16.2. The van der Waals surface area contributed by atoms with Crippen LogP contribution in [0.4, 0.5) is 5.69 Å². The van der Waals surface area contributed by atoms with E-state index in [1.807, 2.05) is 12.5 Å². The first-order valence-corrected chi connectivity index (χ1v) is 10.6. The quantitative estimate of drug-likeness (QED) is 0.445. The fraction of sp³-hybridized carbons (Fsp3) is 0.478. The van der Waals surface area contributed by atoms with Gasteiger partial charge in [-0.05, 0) is 50.7 Å². The lowest BCUT2D eigenvalue weighted by Gasteiger charge is -2.07. The molecule has 2 aliphatic carbocycles. The van der Waals surface area contributed by atoms with Gasteiger partial charge in [0.2, 0.25) is 0 Å². The molecule has 0 saturated heterocycles. The molecule has 1 N–H and O–H groups in total. The standard InChI is InChI=1S/C23H27N3O2/c1(2-7-22-26-20(15-27-22)16-8-9-16)3-12-24-19-6-4-5-18(13-19)21-14-25-23(28-21)17-10-11-17/h4-6,13-17,24H,1-3,7-12H2. The van der Waals surface area contributed by atoms with Gasteiger partial charge in [0, 0.05) is 36.1 Å². The Bertz CT molecular complexity index is 921. The number of unbranched alkanes of at least 4 members (excludes halogenated alkanes) is 2. The van der Waals surface area contributed by atoms with Crippen molar-refractivity contribution in [1.82, 2.24) is 9.97 Å². The number of nitrogens with zero attached hydrogens (tertiary/aromatic N) is 2. The van der Waals surface area contributed by atoms with Crippen LogP contribution in [0.2, 0.25) is 0 Å². The van der Waals surface area contributed by atoms with Gasteiger partial charge < -0.3 is 14.2 Å². The molecule has 2 fully saturated rings. The molecule has 28 heavy (non-hydrogen) atoms. The Morgan fingerprint density at radius 2 is 1.93 bits per heavy atom. The third-order valence-electron chi connectivity index (χ3n) is 5.56. The minimum Gasteiger partial charge on any atom is -0.449 e. The minimum absolute atomic E-state index is 0.548. The summed E-state index contributed by atoms with van der Waals surface area (Å²) in [5, 5.41) is 3.52. The summed E-state index contributed by atoms with van der Waals surface area (Å²) in [5.74, 6) is 3.88. The average molecular weight is 377 g/mol. The summed E-state index contributed by atoms with van der Waals surface area (Å²) < 4.78 is 11.5. The molecule has 5 nitrogen and oxygen atoms in total. The molecular weight excluding hydrogens is 350 g/mol. The van der Waals surface area contributed by atoms with Gasteiger partial charge in [0.05, 0.1) is 11.9 Å². The van der Waals surface area contributed by atoms with Crippen LogP contribution in [0.1, 0.15) is 74.3 Å². The van der Waals surface area contributed by atoms with Gasteiger partial charge in [0.1, 0.15) is 6.26 Å². The molecule has 3 aromatic rings. The fourth-order valence-electron chi connectivity index (χ4n) is 3.54. The predicted octanol–water partition coefficient (Wildman–Crippen LogP) is 5.91. The number of rotatable bonds is 10. The summed E-state index contributed by atoms with van der Waals surface area (Å²) in [4.78, 5) is 9.02. The second-order valence-corrected chi connectivity index (χ2v) is 8.10. The van der Waals surface area contributed by atoms with Gasteiger partial charge in [0.25, 0.3) is 0 Å². The predicted molar refractivity (Wildman–Crippen MR) is 108 cm³/mol. The SMILES string of the molecule is c1cc(NCCCCCc2nc(C3CC3)co2)cc(-c2cnc(C3CC3)o2)c1. The molecule has 5 heteroatoms. The summed E-state index contributed by atoms with van der Waals surface area (Å²) >= 11 is 0. The Kier molecular flexibility index (Phi) is 4.90. The molecule has 5 rings (SSSR count). The summed E-state index contributed by atoms with van der Waals surface area (Å²) in [6.45, 7) is 0.964. The molecule has 2 aliphatic rings. The van der Waals surface area contributed by atoms with Crippen molar-refractivity contribution in [3.8, 4) is 11.3 Å². The molecule has 0 spiro atoms. The van der Waals surface area contributed by atoms with Gasteiger partial charge in [0.15, 0.2) is 17.5 Å². The normalized spacial score (nSPS) is 16.4. The highest BCUT2D eigenvalue weighted by molar-refractivity contribution is 5.63. The van der Waals surface area contributed by atoms with Crippen molar-refractivity contribution in [2.75, 3.05) is 11.9 Å². The van der Waals surface area contributed by atoms with Crippen LogP contribution in [-0.2, 0) is 6.42 Å². The zero-order valence-electron chi connectivity index (χ0n) is 16.2. The molecule has 0 radical (unpaired) electrons. The minimum atomic E-state index is 0.548. The van der Waals surface area contributed by atoms with E-state index in [1.165, 1.54) is 32.1 Å². The van der Waals surface area contributed by atoms with Crippen molar-refractivity contribution in [3.63, 3.8) is 0 Å². The molecule has 2 saturated carbocycles. The maximum Gasteiger partial charge on any atom is 0.198 e. The van der Waals surface area contributed by atoms with E-state index in [0.29, 0.717) is 11.8 Å². The highest BCUT2D eigenvalue weighted by Gasteiger charge is 2.28. The van der Waals surface area contributed by atoms with Crippen LogP contribution >= 0.6 is 0 Å². The van der Waals surface area contributed by atoms with Crippen molar-refractivity contribution in [3.05, 3.63) is 54.2 Å². The lowest BCUT2D eigenvalue weighted by atomic mass is 10.1. The number of benzene rings is 1. The molecule has 0 atom stereocenters. The number of aryl methyl sites for hydroxylation is 1. The maximum absolute atomic E-state index is 5.91. The van der Waals surface area contributed by atoms with Gasteiger partial charge in [-0.15, -0.1) is 0 Å². The Labute approximate surface area is 165 Å². The van der Waals surface area contributed by atoms with E-state index in [1.54, 1.807) is 0 Å². The molecule has 1 aromatic carbocycles. The van der Waals surface area contributed by atoms with E-state index in [9.17, 15) is 0 Å². The molecule has 0 amide bonds. The first kappa shape index (κ1) is 17.5. The summed E-state index contributed by atoms with van der Waals surface area (Å²) in [7, 11) is 0. The lowest BCUT2D eigenvalue weighted by molar-refractivity contribution is 0.481. The topological polar surface area (TPSA) is 64.1 Å². The lowest BCUT2D eigenvalue weighted by Crippen LogP contribution is -2.01. The largest absolute Gasteiger partial charge is 0.449 e. The van der Waals surface area contributed by atoms with Crippen LogP contribution in [0.3, 0.4) is 0 Å². The van der Waals surface area contributed by atoms with Crippen LogP contribution in [0.15, 0.2) is 45.6 Å². The number of anilines is 1. The van der Waals surface area contributed by atoms with Crippen molar-refractivity contribution in [2.24, 2.45) is 0 Å². The molecule has 0 bridgehead atoms. The summed E-state index contributed by atoms with van der Waals surface area (Å²) in [6.07, 6.45) is 13.0. The van der Waals surface area contributed by atoms with Gasteiger partial charge in [-0.3, -0.25) is 0 Å². The smallest absolute Gasteiger partial charge is 0.198 e. The van der Waals surface area contributed by atoms with Gasteiger partial charge >= 0.3 is 0 Å². The van der Waals surface area contributed by atoms with Crippen molar-refractivity contribution >= 4 is 5.69 Å². The van der Waals surface area contributed by atoms with E-state index in [-0.39, 0.29) is 0 Å². The van der Waals surface area contributed by atoms with Crippen LogP contribution < -0.4 is 5.32 Å². The van der Waals surface area contributed by atoms with Crippen LogP contribution in [-0.4, -0.2) is 16.5 Å². The van der Waals surface area contributed by atoms with E-state index < -0.39 is 0 Å². The summed E-state index contributed by atoms with van der Waals surface area (Å²) in [5.41, 5.74) is 3.37. The molecule has 0 unspecified atom stereocenters. The number of oxazole rings is 2. The van der Waals surface area contributed by atoms with Crippen LogP contribution in [0, 0.1) is 0 Å². The van der Waals surface area contributed by atoms with Crippen molar-refractivity contribution < 1.29 is 8.83 Å². The van der Waals surface area contributed by atoms with Crippen molar-refractivity contribution in [2.45, 2.75) is 63.2 Å². The van der Waals surface area contributed by atoms with Gasteiger partial charge in [-0.25, -0.2) is 9.97 Å². The van der Waals surface area contributed by atoms with E-state index in [0.717, 1.165) is 60.3 Å². The maximum atomic E-state index is 5.91. The number of hydrogen-bond acceptors (Lipinski definition) is 5. The Hall–Kier alpha value is -2.56. The molecule has 2 heterocycles. The second-order valence-electron chi connectivity index (χ2n) is 8.10. The van der Waals surface area contributed by atoms with E-state index >= 15 is 0 Å². The highest BCUT2D eigenvalue weighted by atomic mass is 16.4. The van der Waals surface area contributed by atoms with Crippen LogP contribution in [0.25, 0.3) is 11.3 Å². The Morgan fingerprint density at radius 1 is 1.04 bits per heavy atom. The third kappa shape index (κ3) is 4.29. The molecule has 0 aliphatic heterocycles. The highest BCUT2D eigenvalue weighted by Crippen LogP contribution is 2.41. The van der Waals surface area contributed by atoms with E-state index in [4.69, 9.17) is 8.83 Å². The van der Waals surface area contributed by atoms with E-state index in [2.05, 4.69) is 39.6 Å². The zero-order chi connectivity index (χ0) is 18.8. The number of nitrogens with one attached hydrogen (secondary N) is 1. The number of hydrogen-bond donors (Lipinski definition) is 1. The molecule has 2 aromatic heterocycles. The first-order valence-electron chi connectivity index (χ1n) is 10.6. The fourth-order valence-corrected chi connectivity index (χ4v) is 3.54.